The number of anilines is 1. The molecule has 0 N–H and O–H groups in total. The molecule has 4 rings (SSSR count). The van der Waals surface area contributed by atoms with Gasteiger partial charge in [0.2, 0.25) is 17.7 Å². The van der Waals surface area contributed by atoms with E-state index in [1.165, 1.54) is 0 Å². The van der Waals surface area contributed by atoms with Crippen LogP contribution in [0.25, 0.3) is 10.8 Å². The van der Waals surface area contributed by atoms with Gasteiger partial charge in [-0.25, -0.2) is 9.97 Å². The summed E-state index contributed by atoms with van der Waals surface area (Å²) in [5.74, 6) is 1.79. The lowest BCUT2D eigenvalue weighted by atomic mass is 10.3. The van der Waals surface area contributed by atoms with Crippen molar-refractivity contribution in [2.24, 2.45) is 0 Å². The van der Waals surface area contributed by atoms with Crippen molar-refractivity contribution in [2.75, 3.05) is 44.2 Å². The average molecular weight is 428 g/mol. The fourth-order valence-corrected chi connectivity index (χ4v) is 4.04. The maximum atomic E-state index is 13.0. The molecular weight excluding hydrogens is 402 g/mol. The first-order chi connectivity index (χ1) is 14.7. The van der Waals surface area contributed by atoms with Gasteiger partial charge in [0.05, 0.1) is 18.0 Å². The van der Waals surface area contributed by atoms with Gasteiger partial charge in [-0.3, -0.25) is 9.69 Å². The van der Waals surface area contributed by atoms with Gasteiger partial charge in [0.15, 0.2) is 0 Å². The first-order valence-electron chi connectivity index (χ1n) is 10.1. The van der Waals surface area contributed by atoms with Gasteiger partial charge in [-0.15, -0.1) is 21.5 Å². The number of carbonyl (C=O) groups excluding carboxylic acids is 1. The molecule has 158 valence electrons. The molecule has 1 aliphatic rings. The number of thiophene rings is 1. The predicted molar refractivity (Wildman–Crippen MR) is 114 cm³/mol. The van der Waals surface area contributed by atoms with Crippen LogP contribution in [0.2, 0.25) is 0 Å². The Morgan fingerprint density at radius 3 is 2.67 bits per heavy atom. The molecule has 1 amide bonds. The van der Waals surface area contributed by atoms with Gasteiger partial charge in [-0.05, 0) is 23.9 Å². The molecule has 0 spiro atoms. The van der Waals surface area contributed by atoms with Gasteiger partial charge < -0.3 is 14.2 Å². The minimum atomic E-state index is 0.0807. The molecule has 1 aliphatic heterocycles. The van der Waals surface area contributed by atoms with Crippen molar-refractivity contribution in [3.8, 4) is 10.8 Å². The van der Waals surface area contributed by atoms with Crippen LogP contribution in [0.15, 0.2) is 40.4 Å². The van der Waals surface area contributed by atoms with Crippen LogP contribution < -0.4 is 4.90 Å². The lowest BCUT2D eigenvalue weighted by Crippen LogP contribution is -2.50. The zero-order chi connectivity index (χ0) is 20.8. The van der Waals surface area contributed by atoms with E-state index in [2.05, 4.69) is 36.9 Å². The van der Waals surface area contributed by atoms with E-state index in [-0.39, 0.29) is 5.91 Å². The van der Waals surface area contributed by atoms with Crippen molar-refractivity contribution in [2.45, 2.75) is 19.9 Å². The largest absolute Gasteiger partial charge is 0.418 e. The Morgan fingerprint density at radius 1 is 1.17 bits per heavy atom. The predicted octanol–water partition coefficient (Wildman–Crippen LogP) is 2.15. The molecule has 1 fully saturated rings. The van der Waals surface area contributed by atoms with Crippen LogP contribution in [0.4, 0.5) is 5.95 Å². The van der Waals surface area contributed by atoms with Crippen LogP contribution in [-0.2, 0) is 11.3 Å². The standard InChI is InChI=1S/C20H25N7O2S/c1-2-8-27(14-17-23-24-19(29-17)16-5-3-13-30-16)18(28)15-25-9-11-26(12-10-25)20-21-6-4-7-22-20/h3-7,13H,2,8-12,14-15H2,1H3. The topological polar surface area (TPSA) is 91.5 Å². The van der Waals surface area contributed by atoms with Crippen LogP contribution in [-0.4, -0.2) is 75.1 Å². The van der Waals surface area contributed by atoms with Gasteiger partial charge in [0.1, 0.15) is 0 Å². The second-order valence-corrected chi connectivity index (χ2v) is 8.05. The second-order valence-electron chi connectivity index (χ2n) is 7.11. The lowest BCUT2D eigenvalue weighted by molar-refractivity contribution is -0.133. The van der Waals surface area contributed by atoms with Gasteiger partial charge >= 0.3 is 0 Å². The fourth-order valence-electron chi connectivity index (χ4n) is 3.39. The highest BCUT2D eigenvalue weighted by Gasteiger charge is 2.24. The average Bonchev–Trinajstić information content (AvgIpc) is 3.47. The molecule has 3 aromatic heterocycles. The molecule has 0 radical (unpaired) electrons. The van der Waals surface area contributed by atoms with Crippen molar-refractivity contribution >= 4 is 23.2 Å². The molecule has 0 aromatic carbocycles. The number of hydrogen-bond acceptors (Lipinski definition) is 9. The summed E-state index contributed by atoms with van der Waals surface area (Å²) in [6.45, 7) is 6.65. The smallest absolute Gasteiger partial charge is 0.257 e. The zero-order valence-electron chi connectivity index (χ0n) is 17.0. The zero-order valence-corrected chi connectivity index (χ0v) is 17.8. The fraction of sp³-hybridized carbons (Fsp3) is 0.450. The summed E-state index contributed by atoms with van der Waals surface area (Å²) in [5, 5.41) is 10.2. The van der Waals surface area contributed by atoms with E-state index in [0.29, 0.717) is 31.4 Å². The monoisotopic (exact) mass is 427 g/mol. The third kappa shape index (κ3) is 5.00. The molecule has 0 aliphatic carbocycles. The quantitative estimate of drug-likeness (QED) is 0.540. The van der Waals surface area contributed by atoms with E-state index in [9.17, 15) is 4.79 Å². The van der Waals surface area contributed by atoms with Crippen LogP contribution >= 0.6 is 11.3 Å². The molecule has 0 unspecified atom stereocenters. The molecule has 9 nitrogen and oxygen atoms in total. The Morgan fingerprint density at radius 2 is 1.97 bits per heavy atom. The summed E-state index contributed by atoms with van der Waals surface area (Å²) in [6.07, 6.45) is 4.38. The number of carbonyl (C=O) groups is 1. The van der Waals surface area contributed by atoms with Gasteiger partial charge in [0.25, 0.3) is 5.89 Å². The minimum absolute atomic E-state index is 0.0807. The maximum absolute atomic E-state index is 13.0. The van der Waals surface area contributed by atoms with Crippen LogP contribution in [0, 0.1) is 0 Å². The van der Waals surface area contributed by atoms with Crippen LogP contribution in [0.3, 0.4) is 0 Å². The third-order valence-electron chi connectivity index (χ3n) is 4.94. The molecule has 30 heavy (non-hydrogen) atoms. The molecule has 1 saturated heterocycles. The summed E-state index contributed by atoms with van der Waals surface area (Å²) in [5.41, 5.74) is 0. The Hall–Kier alpha value is -2.85. The van der Waals surface area contributed by atoms with Crippen molar-refractivity contribution in [1.82, 2.24) is 30.0 Å². The number of hydrogen-bond donors (Lipinski definition) is 0. The van der Waals surface area contributed by atoms with Gasteiger partial charge in [0, 0.05) is 45.1 Å². The number of rotatable bonds is 8. The summed E-state index contributed by atoms with van der Waals surface area (Å²) in [6, 6.07) is 5.70. The Labute approximate surface area is 179 Å². The molecule has 4 heterocycles. The van der Waals surface area contributed by atoms with Crippen LogP contribution in [0.5, 0.6) is 0 Å². The Kier molecular flexibility index (Phi) is 6.65. The van der Waals surface area contributed by atoms with Gasteiger partial charge in [-0.1, -0.05) is 13.0 Å². The molecule has 0 atom stereocenters. The summed E-state index contributed by atoms with van der Waals surface area (Å²) in [7, 11) is 0. The van der Waals surface area contributed by atoms with E-state index < -0.39 is 0 Å². The molecular formula is C20H25N7O2S. The highest BCUT2D eigenvalue weighted by Crippen LogP contribution is 2.23. The molecule has 0 saturated carbocycles. The van der Waals surface area contributed by atoms with Gasteiger partial charge in [-0.2, -0.15) is 0 Å². The summed E-state index contributed by atoms with van der Waals surface area (Å²) < 4.78 is 5.77. The molecule has 10 heteroatoms. The summed E-state index contributed by atoms with van der Waals surface area (Å²) >= 11 is 1.55. The maximum Gasteiger partial charge on any atom is 0.257 e. The van der Waals surface area contributed by atoms with Crippen molar-refractivity contribution in [1.29, 1.82) is 0 Å². The summed E-state index contributed by atoms with van der Waals surface area (Å²) in [4.78, 5) is 28.6. The molecule has 0 bridgehead atoms. The van der Waals surface area contributed by atoms with E-state index in [0.717, 1.165) is 43.4 Å². The van der Waals surface area contributed by atoms with E-state index >= 15 is 0 Å². The van der Waals surface area contributed by atoms with Crippen LogP contribution in [0.1, 0.15) is 19.2 Å². The van der Waals surface area contributed by atoms with Crippen molar-refractivity contribution < 1.29 is 9.21 Å². The van der Waals surface area contributed by atoms with E-state index in [1.807, 2.05) is 23.6 Å². The number of aromatic nitrogens is 4. The number of amides is 1. The minimum Gasteiger partial charge on any atom is -0.418 e. The number of nitrogens with zero attached hydrogens (tertiary/aromatic N) is 7. The highest BCUT2D eigenvalue weighted by atomic mass is 32.1. The van der Waals surface area contributed by atoms with Crippen molar-refractivity contribution in [3.63, 3.8) is 0 Å². The number of piperazine rings is 1. The first kappa shape index (κ1) is 20.4. The Bertz CT molecular complexity index is 924. The van der Waals surface area contributed by atoms with E-state index in [1.54, 1.807) is 28.6 Å². The second kappa shape index (κ2) is 9.77. The molecule has 3 aromatic rings. The Balaban J connectivity index is 1.31. The van der Waals surface area contributed by atoms with E-state index in [4.69, 9.17) is 4.42 Å². The first-order valence-corrected chi connectivity index (χ1v) is 11.0. The lowest BCUT2D eigenvalue weighted by Gasteiger charge is -2.35. The van der Waals surface area contributed by atoms with Crippen molar-refractivity contribution in [3.05, 3.63) is 41.9 Å². The normalized spacial score (nSPS) is 14.8. The third-order valence-corrected chi connectivity index (χ3v) is 5.80. The SMILES string of the molecule is CCCN(Cc1nnc(-c2cccs2)o1)C(=O)CN1CCN(c2ncccn2)CC1. The highest BCUT2D eigenvalue weighted by molar-refractivity contribution is 7.13.